The number of hydrogen-bond acceptors (Lipinski definition) is 2. The van der Waals surface area contributed by atoms with Crippen LogP contribution in [0.5, 0.6) is 0 Å². The molecular formula is C29H41N3O. The monoisotopic (exact) mass is 447 g/mol. The number of aromatic nitrogens is 2. The number of amides is 1. The zero-order valence-corrected chi connectivity index (χ0v) is 21.0. The van der Waals surface area contributed by atoms with Gasteiger partial charge in [0.15, 0.2) is 5.69 Å². The number of nitrogens with one attached hydrogen (secondary N) is 2. The van der Waals surface area contributed by atoms with Gasteiger partial charge in [0.05, 0.1) is 0 Å². The van der Waals surface area contributed by atoms with Crippen molar-refractivity contribution in [3.8, 4) is 0 Å². The van der Waals surface area contributed by atoms with Crippen molar-refractivity contribution < 1.29 is 4.79 Å². The molecule has 0 aliphatic heterocycles. The van der Waals surface area contributed by atoms with Crippen LogP contribution in [0.25, 0.3) is 0 Å². The third-order valence-electron chi connectivity index (χ3n) is 9.34. The van der Waals surface area contributed by atoms with Crippen molar-refractivity contribution in [1.29, 1.82) is 0 Å². The lowest BCUT2D eigenvalue weighted by Crippen LogP contribution is -2.53. The van der Waals surface area contributed by atoms with Gasteiger partial charge in [-0.25, -0.2) is 0 Å². The van der Waals surface area contributed by atoms with Gasteiger partial charge in [-0.15, -0.1) is 0 Å². The highest BCUT2D eigenvalue weighted by molar-refractivity contribution is 5.94. The first-order valence-corrected chi connectivity index (χ1v) is 13.3. The molecule has 1 amide bonds. The molecule has 3 atom stereocenters. The van der Waals surface area contributed by atoms with Crippen LogP contribution in [0.3, 0.4) is 0 Å². The van der Waals surface area contributed by atoms with Crippen molar-refractivity contribution in [2.75, 3.05) is 6.54 Å². The molecule has 1 heterocycles. The summed E-state index contributed by atoms with van der Waals surface area (Å²) in [7, 11) is 0. The van der Waals surface area contributed by atoms with Crippen molar-refractivity contribution in [3.63, 3.8) is 0 Å². The van der Waals surface area contributed by atoms with E-state index in [0.717, 1.165) is 37.8 Å². The van der Waals surface area contributed by atoms with Gasteiger partial charge in [0.2, 0.25) is 0 Å². The van der Waals surface area contributed by atoms with Crippen LogP contribution in [0.4, 0.5) is 0 Å². The van der Waals surface area contributed by atoms with Gasteiger partial charge >= 0.3 is 0 Å². The molecular weight excluding hydrogens is 406 g/mol. The number of aryl methyl sites for hydroxylation is 2. The number of aromatic amines is 1. The van der Waals surface area contributed by atoms with Crippen LogP contribution in [0.1, 0.15) is 117 Å². The van der Waals surface area contributed by atoms with E-state index >= 15 is 0 Å². The molecule has 1 saturated carbocycles. The lowest BCUT2D eigenvalue weighted by atomic mass is 9.49. The Labute approximate surface area is 199 Å². The summed E-state index contributed by atoms with van der Waals surface area (Å²) in [6.45, 7) is 10.2. The first-order chi connectivity index (χ1) is 15.8. The van der Waals surface area contributed by atoms with Gasteiger partial charge in [0.1, 0.15) is 0 Å². The highest BCUT2D eigenvalue weighted by Gasteiger charge is 2.51. The smallest absolute Gasteiger partial charge is 0.272 e. The number of H-pyrrole nitrogens is 1. The molecule has 2 aromatic rings. The Morgan fingerprint density at radius 2 is 1.94 bits per heavy atom. The van der Waals surface area contributed by atoms with E-state index in [0.29, 0.717) is 17.5 Å². The molecule has 0 bridgehead atoms. The van der Waals surface area contributed by atoms with Crippen LogP contribution in [-0.4, -0.2) is 22.6 Å². The summed E-state index contributed by atoms with van der Waals surface area (Å²) in [5.41, 5.74) is 7.89. The fourth-order valence-electron chi connectivity index (χ4n) is 7.43. The largest absolute Gasteiger partial charge is 0.350 e. The summed E-state index contributed by atoms with van der Waals surface area (Å²) < 4.78 is 0. The van der Waals surface area contributed by atoms with E-state index in [9.17, 15) is 4.79 Å². The number of hydrogen-bond donors (Lipinski definition) is 2. The van der Waals surface area contributed by atoms with E-state index in [1.165, 1.54) is 49.8 Å². The van der Waals surface area contributed by atoms with E-state index in [1.807, 2.05) is 0 Å². The minimum absolute atomic E-state index is 0.0145. The fraction of sp³-hybridized carbons (Fsp3) is 0.655. The predicted molar refractivity (Wildman–Crippen MR) is 134 cm³/mol. The van der Waals surface area contributed by atoms with Gasteiger partial charge in [0.25, 0.3) is 5.91 Å². The first kappa shape index (κ1) is 22.7. The molecule has 0 spiro atoms. The van der Waals surface area contributed by atoms with Crippen LogP contribution >= 0.6 is 0 Å². The number of carbonyl (C=O) groups excluding carboxylic acids is 1. The normalized spacial score (nSPS) is 29.1. The van der Waals surface area contributed by atoms with Crippen LogP contribution in [0.2, 0.25) is 0 Å². The number of fused-ring (bicyclic) bond motifs is 4. The van der Waals surface area contributed by atoms with Crippen molar-refractivity contribution in [2.24, 2.45) is 11.3 Å². The molecule has 2 N–H and O–H groups in total. The summed E-state index contributed by atoms with van der Waals surface area (Å²) in [5, 5.41) is 10.9. The molecule has 33 heavy (non-hydrogen) atoms. The second kappa shape index (κ2) is 8.60. The van der Waals surface area contributed by atoms with Crippen LogP contribution in [-0.2, 0) is 24.7 Å². The van der Waals surface area contributed by atoms with E-state index < -0.39 is 0 Å². The van der Waals surface area contributed by atoms with Gasteiger partial charge in [0, 0.05) is 17.8 Å². The summed E-state index contributed by atoms with van der Waals surface area (Å²) in [5.74, 6) is 1.18. The topological polar surface area (TPSA) is 57.8 Å². The molecule has 5 rings (SSSR count). The molecule has 1 aromatic heterocycles. The Bertz CT molecular complexity index is 1040. The highest BCUT2D eigenvalue weighted by Crippen LogP contribution is 2.57. The molecule has 0 unspecified atom stereocenters. The maximum atomic E-state index is 13.2. The van der Waals surface area contributed by atoms with Crippen LogP contribution in [0, 0.1) is 11.3 Å². The third-order valence-corrected chi connectivity index (χ3v) is 9.34. The highest BCUT2D eigenvalue weighted by atomic mass is 16.1. The van der Waals surface area contributed by atoms with Gasteiger partial charge < -0.3 is 5.32 Å². The van der Waals surface area contributed by atoms with Crippen LogP contribution < -0.4 is 5.32 Å². The Morgan fingerprint density at radius 3 is 2.76 bits per heavy atom. The maximum Gasteiger partial charge on any atom is 0.272 e. The van der Waals surface area contributed by atoms with Crippen molar-refractivity contribution >= 4 is 5.91 Å². The average Bonchev–Trinajstić information content (AvgIpc) is 3.05. The number of rotatable bonds is 4. The lowest BCUT2D eigenvalue weighted by Gasteiger charge is -2.55. The summed E-state index contributed by atoms with van der Waals surface area (Å²) in [4.78, 5) is 13.2. The summed E-state index contributed by atoms with van der Waals surface area (Å²) >= 11 is 0. The Hall–Kier alpha value is -2.10. The Kier molecular flexibility index (Phi) is 5.91. The SMILES string of the molecule is CC(C)c1ccc2c(c1)CC[C@H]1[C@](C)(CNC(=O)c3n[nH]c4c3CCCCC4)CCC[C@]21C. The lowest BCUT2D eigenvalue weighted by molar-refractivity contribution is 0.0253. The third kappa shape index (κ3) is 3.94. The Balaban J connectivity index is 1.35. The molecule has 4 heteroatoms. The molecule has 4 nitrogen and oxygen atoms in total. The number of benzene rings is 1. The van der Waals surface area contributed by atoms with E-state index in [-0.39, 0.29) is 16.7 Å². The zero-order chi connectivity index (χ0) is 23.2. The van der Waals surface area contributed by atoms with E-state index in [1.54, 1.807) is 11.1 Å². The molecule has 1 aromatic carbocycles. The molecule has 1 fully saturated rings. The number of carbonyl (C=O) groups is 1. The maximum absolute atomic E-state index is 13.2. The quantitative estimate of drug-likeness (QED) is 0.545. The summed E-state index contributed by atoms with van der Waals surface area (Å²) in [6.07, 6.45) is 11.6. The van der Waals surface area contributed by atoms with Gasteiger partial charge in [-0.05, 0) is 90.7 Å². The fourth-order valence-corrected chi connectivity index (χ4v) is 7.43. The number of nitrogens with zero attached hydrogens (tertiary/aromatic N) is 1. The van der Waals surface area contributed by atoms with E-state index in [4.69, 9.17) is 0 Å². The second-order valence-corrected chi connectivity index (χ2v) is 11.9. The average molecular weight is 448 g/mol. The summed E-state index contributed by atoms with van der Waals surface area (Å²) in [6, 6.07) is 7.26. The molecule has 3 aliphatic carbocycles. The van der Waals surface area contributed by atoms with Gasteiger partial charge in [-0.1, -0.05) is 58.7 Å². The van der Waals surface area contributed by atoms with Gasteiger partial charge in [-0.3, -0.25) is 9.89 Å². The molecule has 0 radical (unpaired) electrons. The molecule has 0 saturated heterocycles. The zero-order valence-electron chi connectivity index (χ0n) is 21.0. The van der Waals surface area contributed by atoms with Crippen LogP contribution in [0.15, 0.2) is 18.2 Å². The predicted octanol–water partition coefficient (Wildman–Crippen LogP) is 6.24. The first-order valence-electron chi connectivity index (χ1n) is 13.3. The minimum atomic E-state index is 0.0145. The standard InChI is InChI=1S/C29H41N3O/c1-19(2)20-11-13-23-21(17-20)12-14-25-28(3,15-8-16-29(23,25)4)18-30-27(33)26-22-9-6-5-7-10-24(22)31-32-26/h11,13,17,19,25H,5-10,12,14-16,18H2,1-4H3,(H,30,33)(H,31,32)/t25-,28-,29+/m0/s1. The van der Waals surface area contributed by atoms with Crippen molar-refractivity contribution in [2.45, 2.75) is 103 Å². The van der Waals surface area contributed by atoms with Crippen molar-refractivity contribution in [1.82, 2.24) is 15.5 Å². The second-order valence-electron chi connectivity index (χ2n) is 11.9. The van der Waals surface area contributed by atoms with E-state index in [2.05, 4.69) is 61.4 Å². The molecule has 178 valence electrons. The molecule has 3 aliphatic rings. The Morgan fingerprint density at radius 1 is 1.12 bits per heavy atom. The minimum Gasteiger partial charge on any atom is -0.350 e. The van der Waals surface area contributed by atoms with Gasteiger partial charge in [-0.2, -0.15) is 5.10 Å². The van der Waals surface area contributed by atoms with Crippen molar-refractivity contribution in [3.05, 3.63) is 51.8 Å².